The number of hydrogen-bond donors (Lipinski definition) is 0. The maximum Gasteiger partial charge on any atom is 0 e. The fourth-order valence-electron chi connectivity index (χ4n) is 0.535. The largest absolute Gasteiger partial charge is 0.374 e. The number of rotatable bonds is 0. The van der Waals surface area contributed by atoms with E-state index in [1.54, 1.807) is 0 Å². The van der Waals surface area contributed by atoms with E-state index in [4.69, 9.17) is 0 Å². The van der Waals surface area contributed by atoms with E-state index >= 15 is 0 Å². The Morgan fingerprint density at radius 3 is 2.30 bits per heavy atom. The quantitative estimate of drug-likeness (QED) is 0.607. The third-order valence-corrected chi connectivity index (χ3v) is 1.03. The molecular formula is C8H8WY-2. The molecule has 0 saturated heterocycles. The minimum absolute atomic E-state index is 0. The van der Waals surface area contributed by atoms with Gasteiger partial charge in [-0.15, -0.1) is 0 Å². The molecule has 0 unspecified atom stereocenters. The first-order valence-electron chi connectivity index (χ1n) is 2.59. The molecule has 1 aromatic rings. The zero-order valence-electron chi connectivity index (χ0n) is 5.92. The third-order valence-electron chi connectivity index (χ3n) is 1.03. The predicted octanol–water partition coefficient (Wildman–Crippen LogP) is 1.97. The van der Waals surface area contributed by atoms with Crippen LogP contribution >= 0.6 is 0 Å². The van der Waals surface area contributed by atoms with Gasteiger partial charge in [0, 0.05) is 53.8 Å². The second-order valence-corrected chi connectivity index (χ2v) is 1.89. The van der Waals surface area contributed by atoms with Gasteiger partial charge in [-0.05, 0) is 6.92 Å². The number of benzene rings is 1. The molecule has 0 fully saturated rings. The molecule has 0 nitrogen and oxygen atoms in total. The third kappa shape index (κ3) is 4.66. The molecule has 10 heavy (non-hydrogen) atoms. The average Bonchev–Trinajstić information content (AvgIpc) is 1.77. The molecule has 51 valence electrons. The Morgan fingerprint density at radius 1 is 1.40 bits per heavy atom. The van der Waals surface area contributed by atoms with Crippen LogP contribution in [0.5, 0.6) is 0 Å². The summed E-state index contributed by atoms with van der Waals surface area (Å²) < 4.78 is 0. The second-order valence-electron chi connectivity index (χ2n) is 1.89. The van der Waals surface area contributed by atoms with Crippen LogP contribution in [0.3, 0.4) is 0 Å². The van der Waals surface area contributed by atoms with Crippen LogP contribution in [0.25, 0.3) is 0 Å². The summed E-state index contributed by atoms with van der Waals surface area (Å²) in [5, 5.41) is 0. The van der Waals surface area contributed by atoms with Crippen LogP contribution in [-0.2, 0) is 53.8 Å². The van der Waals surface area contributed by atoms with Gasteiger partial charge < -0.3 is 18.6 Å². The molecule has 0 aliphatic rings. The summed E-state index contributed by atoms with van der Waals surface area (Å²) in [7, 11) is 0. The van der Waals surface area contributed by atoms with Gasteiger partial charge in [0.2, 0.25) is 0 Å². The van der Waals surface area contributed by atoms with Crippen LogP contribution in [0.15, 0.2) is 18.2 Å². The van der Waals surface area contributed by atoms with Gasteiger partial charge in [0.05, 0.1) is 0 Å². The summed E-state index contributed by atoms with van der Waals surface area (Å²) in [6.45, 7) is 5.74. The number of hydrogen-bond acceptors (Lipinski definition) is 0. The van der Waals surface area contributed by atoms with Crippen molar-refractivity contribution in [3.8, 4) is 0 Å². The molecule has 0 spiro atoms. The van der Waals surface area contributed by atoms with E-state index < -0.39 is 0 Å². The topological polar surface area (TPSA) is 0 Å². The standard InChI is InChI=1S/C8H8.W.Y/c1-7-3-5-8(2)6-4-7;;/h3,5-6H,1H2,2H3;;/q-2;;. The van der Waals surface area contributed by atoms with Crippen molar-refractivity contribution in [2.24, 2.45) is 0 Å². The molecule has 1 radical (unpaired) electrons. The normalized spacial score (nSPS) is 7.30. The number of aryl methyl sites for hydroxylation is 1. The second kappa shape index (κ2) is 6.58. The van der Waals surface area contributed by atoms with E-state index in [1.807, 2.05) is 25.1 Å². The smallest absolute Gasteiger partial charge is 0 e. The molecule has 0 bridgehead atoms. The fraction of sp³-hybridized carbons (Fsp3) is 0.125. The van der Waals surface area contributed by atoms with Gasteiger partial charge in [-0.25, -0.2) is 0 Å². The minimum atomic E-state index is 0. The molecule has 1 aromatic carbocycles. The van der Waals surface area contributed by atoms with Crippen molar-refractivity contribution < 1.29 is 53.8 Å². The molecule has 1 rings (SSSR count). The van der Waals surface area contributed by atoms with E-state index in [1.165, 1.54) is 5.56 Å². The van der Waals surface area contributed by atoms with Crippen LogP contribution < -0.4 is 0 Å². The van der Waals surface area contributed by atoms with Crippen LogP contribution in [0.2, 0.25) is 0 Å². The van der Waals surface area contributed by atoms with Gasteiger partial charge in [0.25, 0.3) is 0 Å². The molecule has 0 aromatic heterocycles. The van der Waals surface area contributed by atoms with Crippen LogP contribution in [0.4, 0.5) is 0 Å². The molecule has 0 atom stereocenters. The van der Waals surface area contributed by atoms with Crippen LogP contribution in [-0.4, -0.2) is 0 Å². The Balaban J connectivity index is 0. The molecular weight excluding hydrogens is 369 g/mol. The maximum absolute atomic E-state index is 3.71. The molecule has 0 aliphatic heterocycles. The fourth-order valence-corrected chi connectivity index (χ4v) is 0.535. The molecule has 0 saturated carbocycles. The van der Waals surface area contributed by atoms with Gasteiger partial charge in [0.1, 0.15) is 0 Å². The Labute approximate surface area is 102 Å². The van der Waals surface area contributed by atoms with Crippen LogP contribution in [0, 0.1) is 19.9 Å². The van der Waals surface area contributed by atoms with Crippen molar-refractivity contribution in [1.29, 1.82) is 0 Å². The molecule has 0 N–H and O–H groups in total. The summed E-state index contributed by atoms with van der Waals surface area (Å²) in [6, 6.07) is 8.90. The van der Waals surface area contributed by atoms with Crippen molar-refractivity contribution in [3.63, 3.8) is 0 Å². The monoisotopic (exact) mass is 377 g/mol. The van der Waals surface area contributed by atoms with Crippen molar-refractivity contribution in [2.45, 2.75) is 6.92 Å². The van der Waals surface area contributed by atoms with Crippen molar-refractivity contribution >= 4 is 0 Å². The van der Waals surface area contributed by atoms with Gasteiger partial charge in [-0.1, -0.05) is 5.56 Å². The predicted molar refractivity (Wildman–Crippen MR) is 34.5 cm³/mol. The van der Waals surface area contributed by atoms with Crippen molar-refractivity contribution in [1.82, 2.24) is 0 Å². The van der Waals surface area contributed by atoms with Crippen molar-refractivity contribution in [2.75, 3.05) is 0 Å². The first-order chi connectivity index (χ1) is 3.79. The minimum Gasteiger partial charge on any atom is -0.374 e. The zero-order chi connectivity index (χ0) is 5.98. The summed E-state index contributed by atoms with van der Waals surface area (Å²) in [4.78, 5) is 0. The molecule has 0 heterocycles. The Kier molecular flexibility index (Phi) is 8.87. The summed E-state index contributed by atoms with van der Waals surface area (Å²) in [5.74, 6) is 0. The van der Waals surface area contributed by atoms with E-state index in [-0.39, 0.29) is 53.8 Å². The average molecular weight is 377 g/mol. The van der Waals surface area contributed by atoms with E-state index in [2.05, 4.69) is 13.0 Å². The first kappa shape index (κ1) is 13.5. The Bertz CT molecular complexity index is 148. The van der Waals surface area contributed by atoms with Gasteiger partial charge in [0.15, 0.2) is 0 Å². The Morgan fingerprint density at radius 2 is 2.00 bits per heavy atom. The van der Waals surface area contributed by atoms with Gasteiger partial charge in [-0.2, -0.15) is 12.1 Å². The first-order valence-corrected chi connectivity index (χ1v) is 2.59. The van der Waals surface area contributed by atoms with E-state index in [0.29, 0.717) is 0 Å². The van der Waals surface area contributed by atoms with Gasteiger partial charge >= 0.3 is 0 Å². The zero-order valence-corrected chi connectivity index (χ0v) is 11.7. The molecule has 0 amide bonds. The molecule has 0 aliphatic carbocycles. The van der Waals surface area contributed by atoms with E-state index in [9.17, 15) is 0 Å². The maximum atomic E-state index is 3.71. The van der Waals surface area contributed by atoms with Gasteiger partial charge in [-0.3, -0.25) is 6.07 Å². The van der Waals surface area contributed by atoms with Crippen molar-refractivity contribution in [3.05, 3.63) is 42.3 Å². The summed E-state index contributed by atoms with van der Waals surface area (Å²) in [5.41, 5.74) is 2.19. The Hall–Kier alpha value is 0.882. The summed E-state index contributed by atoms with van der Waals surface area (Å²) in [6.07, 6.45) is 0. The van der Waals surface area contributed by atoms with E-state index in [0.717, 1.165) is 5.56 Å². The SMILES string of the molecule is [CH2-]c1[c-]cc(C)cc1.[W].[Y]. The van der Waals surface area contributed by atoms with Crippen LogP contribution in [0.1, 0.15) is 11.1 Å². The molecule has 2 heteroatoms. The summed E-state index contributed by atoms with van der Waals surface area (Å²) >= 11 is 0.